The number of carbonyl (C=O) groups excluding carboxylic acids is 1. The van der Waals surface area contributed by atoms with Gasteiger partial charge in [-0.1, -0.05) is 34.1 Å². The minimum absolute atomic E-state index is 0.000206. The smallest absolute Gasteiger partial charge is 0.238 e. The van der Waals surface area contributed by atoms with Gasteiger partial charge in [0.25, 0.3) is 0 Å². The van der Waals surface area contributed by atoms with Crippen LogP contribution in [0.15, 0.2) is 51.8 Å². The summed E-state index contributed by atoms with van der Waals surface area (Å²) in [6.07, 6.45) is 0.767. The molecule has 1 aliphatic heterocycles. The summed E-state index contributed by atoms with van der Waals surface area (Å²) in [5, 5.41) is 2.82. The topological polar surface area (TPSA) is 55.1 Å². The Morgan fingerprint density at radius 3 is 2.85 bits per heavy atom. The van der Waals surface area contributed by atoms with Gasteiger partial charge >= 0.3 is 0 Å². The number of nitrogens with two attached hydrogens (primary N) is 1. The van der Waals surface area contributed by atoms with Crippen molar-refractivity contribution in [1.29, 1.82) is 0 Å². The fourth-order valence-electron chi connectivity index (χ4n) is 2.19. The maximum Gasteiger partial charge on any atom is 0.238 e. The SMILES string of the molecule is Nc1cc(Br)ccc1NC(=O)C1Cc2ccccc2S1. The van der Waals surface area contributed by atoms with Gasteiger partial charge in [0.1, 0.15) is 0 Å². The summed E-state index contributed by atoms with van der Waals surface area (Å²) in [5.41, 5.74) is 8.36. The van der Waals surface area contributed by atoms with Crippen molar-refractivity contribution in [2.24, 2.45) is 0 Å². The molecule has 0 saturated carbocycles. The van der Waals surface area contributed by atoms with Crippen LogP contribution in [0.4, 0.5) is 11.4 Å². The van der Waals surface area contributed by atoms with Crippen LogP contribution in [0, 0.1) is 0 Å². The normalized spacial score (nSPS) is 16.8. The summed E-state index contributed by atoms with van der Waals surface area (Å²) < 4.78 is 0.899. The van der Waals surface area contributed by atoms with Gasteiger partial charge in [0.05, 0.1) is 16.6 Å². The van der Waals surface area contributed by atoms with Crippen LogP contribution in [0.3, 0.4) is 0 Å². The molecular weight excluding hydrogens is 336 g/mol. The quantitative estimate of drug-likeness (QED) is 0.813. The second kappa shape index (κ2) is 5.50. The number of benzene rings is 2. The molecule has 5 heteroatoms. The highest BCUT2D eigenvalue weighted by Gasteiger charge is 2.28. The Labute approximate surface area is 130 Å². The second-order valence-electron chi connectivity index (χ2n) is 4.64. The monoisotopic (exact) mass is 348 g/mol. The second-order valence-corrected chi connectivity index (χ2v) is 6.80. The Morgan fingerprint density at radius 1 is 1.30 bits per heavy atom. The number of amides is 1. The summed E-state index contributed by atoms with van der Waals surface area (Å²) >= 11 is 4.96. The number of anilines is 2. The van der Waals surface area contributed by atoms with Gasteiger partial charge in [0.15, 0.2) is 0 Å². The molecule has 1 heterocycles. The first-order valence-electron chi connectivity index (χ1n) is 6.24. The van der Waals surface area contributed by atoms with Crippen LogP contribution in [0.1, 0.15) is 5.56 Å². The Bertz CT molecular complexity index is 650. The van der Waals surface area contributed by atoms with Gasteiger partial charge < -0.3 is 11.1 Å². The van der Waals surface area contributed by atoms with Crippen LogP contribution in [0.5, 0.6) is 0 Å². The lowest BCUT2D eigenvalue weighted by molar-refractivity contribution is -0.115. The van der Waals surface area contributed by atoms with Crippen molar-refractivity contribution in [3.05, 3.63) is 52.5 Å². The lowest BCUT2D eigenvalue weighted by Gasteiger charge is -2.12. The van der Waals surface area contributed by atoms with Crippen molar-refractivity contribution >= 4 is 45.0 Å². The molecule has 0 aromatic heterocycles. The average molecular weight is 349 g/mol. The van der Waals surface area contributed by atoms with Gasteiger partial charge in [-0.3, -0.25) is 4.79 Å². The summed E-state index contributed by atoms with van der Waals surface area (Å²) in [6.45, 7) is 0. The van der Waals surface area contributed by atoms with Gasteiger partial charge in [-0.05, 0) is 36.2 Å². The molecule has 0 bridgehead atoms. The van der Waals surface area contributed by atoms with Crippen LogP contribution in [0.25, 0.3) is 0 Å². The molecule has 2 aromatic carbocycles. The maximum absolute atomic E-state index is 12.3. The predicted molar refractivity (Wildman–Crippen MR) is 87.0 cm³/mol. The highest BCUT2D eigenvalue weighted by molar-refractivity contribution is 9.10. The van der Waals surface area contributed by atoms with E-state index in [0.717, 1.165) is 10.9 Å². The molecule has 3 N–H and O–H groups in total. The Hall–Kier alpha value is -1.46. The molecule has 1 amide bonds. The van der Waals surface area contributed by atoms with E-state index in [1.54, 1.807) is 17.8 Å². The number of fused-ring (bicyclic) bond motifs is 1. The minimum atomic E-state index is -0.0875. The van der Waals surface area contributed by atoms with E-state index in [-0.39, 0.29) is 11.2 Å². The number of hydrogen-bond donors (Lipinski definition) is 2. The van der Waals surface area contributed by atoms with Crippen molar-refractivity contribution in [3.63, 3.8) is 0 Å². The Kier molecular flexibility index (Phi) is 3.72. The first-order valence-corrected chi connectivity index (χ1v) is 7.91. The largest absolute Gasteiger partial charge is 0.397 e. The number of nitrogen functional groups attached to an aromatic ring is 1. The molecule has 0 saturated heterocycles. The van der Waals surface area contributed by atoms with E-state index in [2.05, 4.69) is 33.4 Å². The Morgan fingerprint density at radius 2 is 2.10 bits per heavy atom. The van der Waals surface area contributed by atoms with Gasteiger partial charge in [0, 0.05) is 9.37 Å². The Balaban J connectivity index is 1.72. The lowest BCUT2D eigenvalue weighted by Crippen LogP contribution is -2.25. The zero-order valence-electron chi connectivity index (χ0n) is 10.6. The van der Waals surface area contributed by atoms with Gasteiger partial charge in [-0.25, -0.2) is 0 Å². The molecule has 1 unspecified atom stereocenters. The summed E-state index contributed by atoms with van der Waals surface area (Å²) in [4.78, 5) is 13.5. The van der Waals surface area contributed by atoms with E-state index < -0.39 is 0 Å². The van der Waals surface area contributed by atoms with Crippen LogP contribution in [-0.2, 0) is 11.2 Å². The highest BCUT2D eigenvalue weighted by Crippen LogP contribution is 2.37. The van der Waals surface area contributed by atoms with E-state index >= 15 is 0 Å². The third-order valence-corrected chi connectivity index (χ3v) is 5.02. The molecular formula is C15H13BrN2OS. The lowest BCUT2D eigenvalue weighted by atomic mass is 10.1. The van der Waals surface area contributed by atoms with Gasteiger partial charge in [-0.2, -0.15) is 0 Å². The van der Waals surface area contributed by atoms with E-state index in [1.807, 2.05) is 24.3 Å². The number of thioether (sulfide) groups is 1. The van der Waals surface area contributed by atoms with Gasteiger partial charge in [-0.15, -0.1) is 11.8 Å². The maximum atomic E-state index is 12.3. The van der Waals surface area contributed by atoms with E-state index in [0.29, 0.717) is 11.4 Å². The van der Waals surface area contributed by atoms with Gasteiger partial charge in [0.2, 0.25) is 5.91 Å². The molecule has 2 aromatic rings. The van der Waals surface area contributed by atoms with Crippen LogP contribution in [-0.4, -0.2) is 11.2 Å². The van der Waals surface area contributed by atoms with Crippen molar-refractivity contribution in [2.75, 3.05) is 11.1 Å². The fourth-order valence-corrected chi connectivity index (χ4v) is 3.76. The molecule has 20 heavy (non-hydrogen) atoms. The zero-order valence-corrected chi connectivity index (χ0v) is 13.0. The highest BCUT2D eigenvalue weighted by atomic mass is 79.9. The summed E-state index contributed by atoms with van der Waals surface area (Å²) in [5.74, 6) is 0.000206. The summed E-state index contributed by atoms with van der Waals surface area (Å²) in [6, 6.07) is 13.6. The van der Waals surface area contributed by atoms with Crippen molar-refractivity contribution in [2.45, 2.75) is 16.6 Å². The molecule has 0 radical (unpaired) electrons. The number of nitrogens with one attached hydrogen (secondary N) is 1. The molecule has 3 nitrogen and oxygen atoms in total. The third kappa shape index (κ3) is 2.69. The first-order chi connectivity index (χ1) is 9.63. The minimum Gasteiger partial charge on any atom is -0.397 e. The summed E-state index contributed by atoms with van der Waals surface area (Å²) in [7, 11) is 0. The number of carbonyl (C=O) groups is 1. The van der Waals surface area contributed by atoms with Crippen molar-refractivity contribution in [3.8, 4) is 0 Å². The molecule has 0 spiro atoms. The average Bonchev–Trinajstić information content (AvgIpc) is 2.86. The van der Waals surface area contributed by atoms with Crippen molar-refractivity contribution in [1.82, 2.24) is 0 Å². The molecule has 3 rings (SSSR count). The van der Waals surface area contributed by atoms with Crippen LogP contribution in [0.2, 0.25) is 0 Å². The molecule has 0 fully saturated rings. The molecule has 1 aliphatic rings. The zero-order chi connectivity index (χ0) is 14.1. The van der Waals surface area contributed by atoms with Crippen LogP contribution < -0.4 is 11.1 Å². The van der Waals surface area contributed by atoms with E-state index in [4.69, 9.17) is 5.73 Å². The molecule has 102 valence electrons. The van der Waals surface area contributed by atoms with Crippen molar-refractivity contribution < 1.29 is 4.79 Å². The number of hydrogen-bond acceptors (Lipinski definition) is 3. The standard InChI is InChI=1S/C15H13BrN2OS/c16-10-5-6-12(11(17)8-10)18-15(19)14-7-9-3-1-2-4-13(9)20-14/h1-6,8,14H,7,17H2,(H,18,19). The van der Waals surface area contributed by atoms with E-state index in [9.17, 15) is 4.79 Å². The van der Waals surface area contributed by atoms with E-state index in [1.165, 1.54) is 10.5 Å². The third-order valence-electron chi connectivity index (χ3n) is 3.21. The fraction of sp³-hybridized carbons (Fsp3) is 0.133. The molecule has 1 atom stereocenters. The molecule has 0 aliphatic carbocycles. The first kappa shape index (κ1) is 13.5. The number of halogens is 1. The predicted octanol–water partition coefficient (Wildman–Crippen LogP) is 3.69. The van der Waals surface area contributed by atoms with Crippen LogP contribution >= 0.6 is 27.7 Å². The number of rotatable bonds is 2.